The highest BCUT2D eigenvalue weighted by Crippen LogP contribution is 2.17. The summed E-state index contributed by atoms with van der Waals surface area (Å²) in [4.78, 5) is 3.93. The van der Waals surface area contributed by atoms with Gasteiger partial charge < -0.3 is 5.32 Å². The Hall–Kier alpha value is -0.510. The molecule has 1 aromatic rings. The van der Waals surface area contributed by atoms with Crippen LogP contribution in [0.3, 0.4) is 0 Å². The van der Waals surface area contributed by atoms with Crippen molar-refractivity contribution in [3.8, 4) is 0 Å². The maximum Gasteiger partial charge on any atom is 0.0128 e. The van der Waals surface area contributed by atoms with Crippen LogP contribution in [0.25, 0.3) is 0 Å². The summed E-state index contributed by atoms with van der Waals surface area (Å²) < 4.78 is 0. The monoisotopic (exact) mass is 308 g/mol. The molecule has 0 aliphatic heterocycles. The van der Waals surface area contributed by atoms with Crippen LogP contribution in [-0.4, -0.2) is 41.9 Å². The van der Waals surface area contributed by atoms with Crippen LogP contribution < -0.4 is 5.32 Å². The van der Waals surface area contributed by atoms with Gasteiger partial charge in [-0.15, -0.1) is 11.8 Å². The molecule has 1 N–H and O–H groups in total. The molecule has 0 unspecified atom stereocenters. The fourth-order valence-corrected chi connectivity index (χ4v) is 3.47. The Morgan fingerprint density at radius 1 is 1.10 bits per heavy atom. The normalized spacial score (nSPS) is 12.3. The molecule has 0 bridgehead atoms. The highest BCUT2D eigenvalue weighted by molar-refractivity contribution is 7.99. The molecule has 0 aliphatic rings. The molecular formula is C18H32N2S. The van der Waals surface area contributed by atoms with Crippen molar-refractivity contribution in [1.29, 1.82) is 0 Å². The molecule has 0 aliphatic carbocycles. The average Bonchev–Trinajstić information content (AvgIpc) is 2.41. The third kappa shape index (κ3) is 7.89. The van der Waals surface area contributed by atoms with Gasteiger partial charge in [-0.3, -0.25) is 4.90 Å². The summed E-state index contributed by atoms with van der Waals surface area (Å²) in [5, 5.41) is 3.57. The van der Waals surface area contributed by atoms with Gasteiger partial charge in [0.2, 0.25) is 0 Å². The molecule has 0 aromatic heterocycles. The van der Waals surface area contributed by atoms with Crippen molar-refractivity contribution in [1.82, 2.24) is 10.2 Å². The molecule has 1 aromatic carbocycles. The fourth-order valence-electron chi connectivity index (χ4n) is 2.60. The molecule has 21 heavy (non-hydrogen) atoms. The van der Waals surface area contributed by atoms with E-state index in [1.807, 2.05) is 11.8 Å². The van der Waals surface area contributed by atoms with Crippen molar-refractivity contribution in [2.45, 2.75) is 57.5 Å². The van der Waals surface area contributed by atoms with Gasteiger partial charge in [0, 0.05) is 29.6 Å². The van der Waals surface area contributed by atoms with E-state index in [9.17, 15) is 0 Å². The van der Waals surface area contributed by atoms with Gasteiger partial charge in [-0.2, -0.15) is 0 Å². The van der Waals surface area contributed by atoms with Gasteiger partial charge in [-0.1, -0.05) is 18.2 Å². The summed E-state index contributed by atoms with van der Waals surface area (Å²) in [5.74, 6) is 1.18. The second-order valence-corrected chi connectivity index (χ2v) is 7.89. The molecule has 0 spiro atoms. The summed E-state index contributed by atoms with van der Waals surface area (Å²) in [6.45, 7) is 14.7. The van der Waals surface area contributed by atoms with Crippen molar-refractivity contribution in [3.63, 3.8) is 0 Å². The zero-order chi connectivity index (χ0) is 15.7. The molecule has 2 nitrogen and oxygen atoms in total. The second kappa shape index (κ2) is 9.50. The van der Waals surface area contributed by atoms with Gasteiger partial charge in [0.1, 0.15) is 0 Å². The summed E-state index contributed by atoms with van der Waals surface area (Å²) in [5.41, 5.74) is 0.249. The first-order chi connectivity index (χ1) is 9.91. The number of hydrogen-bond donors (Lipinski definition) is 1. The third-order valence-electron chi connectivity index (χ3n) is 3.52. The van der Waals surface area contributed by atoms with E-state index in [1.54, 1.807) is 0 Å². The Kier molecular flexibility index (Phi) is 8.38. The molecule has 0 heterocycles. The Bertz CT molecular complexity index is 371. The van der Waals surface area contributed by atoms with Crippen LogP contribution in [0.5, 0.6) is 0 Å². The van der Waals surface area contributed by atoms with Crippen molar-refractivity contribution >= 4 is 11.8 Å². The first-order valence-electron chi connectivity index (χ1n) is 8.06. The van der Waals surface area contributed by atoms with Crippen molar-refractivity contribution in [3.05, 3.63) is 30.3 Å². The minimum atomic E-state index is 0.249. The molecular weight excluding hydrogens is 276 g/mol. The predicted molar refractivity (Wildman–Crippen MR) is 96.2 cm³/mol. The summed E-state index contributed by atoms with van der Waals surface area (Å²) in [6, 6.07) is 11.2. The molecule has 3 heteroatoms. The lowest BCUT2D eigenvalue weighted by molar-refractivity contribution is 0.100. The van der Waals surface area contributed by atoms with Crippen LogP contribution in [0.1, 0.15) is 41.0 Å². The lowest BCUT2D eigenvalue weighted by Crippen LogP contribution is -2.48. The Labute approximate surface area is 135 Å². The van der Waals surface area contributed by atoms with E-state index in [-0.39, 0.29) is 5.54 Å². The van der Waals surface area contributed by atoms with Crippen LogP contribution in [0.2, 0.25) is 0 Å². The number of hydrogen-bond acceptors (Lipinski definition) is 3. The first kappa shape index (κ1) is 18.5. The lowest BCUT2D eigenvalue weighted by atomic mass is 10.0. The molecule has 120 valence electrons. The second-order valence-electron chi connectivity index (χ2n) is 6.72. The van der Waals surface area contributed by atoms with Crippen molar-refractivity contribution in [2.24, 2.45) is 0 Å². The summed E-state index contributed by atoms with van der Waals surface area (Å²) >= 11 is 1.94. The van der Waals surface area contributed by atoms with E-state index >= 15 is 0 Å². The Morgan fingerprint density at radius 3 is 2.33 bits per heavy atom. The van der Waals surface area contributed by atoms with E-state index in [1.165, 1.54) is 17.1 Å². The first-order valence-corrected chi connectivity index (χ1v) is 9.05. The smallest absolute Gasteiger partial charge is 0.0128 e. The van der Waals surface area contributed by atoms with Crippen LogP contribution in [0, 0.1) is 0 Å². The van der Waals surface area contributed by atoms with Crippen LogP contribution in [0.4, 0.5) is 0 Å². The standard InChI is InChI=1S/C18H32N2S/c1-16(2)20(18(3,4)5)14-13-19-12-9-15-21-17-10-7-6-8-11-17/h6-8,10-11,16,19H,9,12-15H2,1-5H3. The summed E-state index contributed by atoms with van der Waals surface area (Å²) in [7, 11) is 0. The van der Waals surface area contributed by atoms with Gasteiger partial charge in [0.15, 0.2) is 0 Å². The van der Waals surface area contributed by atoms with E-state index < -0.39 is 0 Å². The summed E-state index contributed by atoms with van der Waals surface area (Å²) in [6.07, 6.45) is 1.22. The maximum atomic E-state index is 3.57. The van der Waals surface area contributed by atoms with Gasteiger partial charge in [0.25, 0.3) is 0 Å². The zero-order valence-corrected chi connectivity index (χ0v) is 15.2. The molecule has 1 rings (SSSR count). The molecule has 0 fully saturated rings. The fraction of sp³-hybridized carbons (Fsp3) is 0.667. The van der Waals surface area contributed by atoms with Crippen molar-refractivity contribution < 1.29 is 0 Å². The van der Waals surface area contributed by atoms with E-state index in [2.05, 4.69) is 75.2 Å². The number of benzene rings is 1. The van der Waals surface area contributed by atoms with E-state index in [0.29, 0.717) is 6.04 Å². The number of nitrogens with zero attached hydrogens (tertiary/aromatic N) is 1. The zero-order valence-electron chi connectivity index (χ0n) is 14.4. The molecule has 0 saturated carbocycles. The maximum absolute atomic E-state index is 3.57. The van der Waals surface area contributed by atoms with Gasteiger partial charge in [0.05, 0.1) is 0 Å². The minimum Gasteiger partial charge on any atom is -0.315 e. The van der Waals surface area contributed by atoms with Gasteiger partial charge >= 0.3 is 0 Å². The lowest BCUT2D eigenvalue weighted by Gasteiger charge is -2.39. The van der Waals surface area contributed by atoms with Crippen LogP contribution in [0.15, 0.2) is 35.2 Å². The Balaban J connectivity index is 2.09. The minimum absolute atomic E-state index is 0.249. The molecule has 0 amide bonds. The molecule has 0 radical (unpaired) electrons. The average molecular weight is 309 g/mol. The quantitative estimate of drug-likeness (QED) is 0.542. The van der Waals surface area contributed by atoms with E-state index in [4.69, 9.17) is 0 Å². The van der Waals surface area contributed by atoms with Gasteiger partial charge in [-0.05, 0) is 65.5 Å². The SMILES string of the molecule is CC(C)N(CCNCCCSc1ccccc1)C(C)(C)C. The van der Waals surface area contributed by atoms with E-state index in [0.717, 1.165) is 19.6 Å². The molecule has 0 atom stereocenters. The van der Waals surface area contributed by atoms with Crippen molar-refractivity contribution in [2.75, 3.05) is 25.4 Å². The number of rotatable bonds is 9. The highest BCUT2D eigenvalue weighted by atomic mass is 32.2. The topological polar surface area (TPSA) is 15.3 Å². The highest BCUT2D eigenvalue weighted by Gasteiger charge is 2.22. The largest absolute Gasteiger partial charge is 0.315 e. The number of thioether (sulfide) groups is 1. The Morgan fingerprint density at radius 2 is 1.76 bits per heavy atom. The molecule has 0 saturated heterocycles. The van der Waals surface area contributed by atoms with Gasteiger partial charge in [-0.25, -0.2) is 0 Å². The number of nitrogens with one attached hydrogen (secondary N) is 1. The third-order valence-corrected chi connectivity index (χ3v) is 4.62. The van der Waals surface area contributed by atoms with Crippen LogP contribution in [-0.2, 0) is 0 Å². The van der Waals surface area contributed by atoms with Crippen LogP contribution >= 0.6 is 11.8 Å². The predicted octanol–water partition coefficient (Wildman–Crippen LogP) is 4.27.